The Kier molecular flexibility index (Phi) is 45.9. The van der Waals surface area contributed by atoms with Crippen LogP contribution < -0.4 is 236 Å². The molecule has 0 atom stereocenters. The normalized spacial score (nSPS) is 11.1. The minimum Gasteiger partial charge on any atom is -0.744 e. The zero-order chi connectivity index (χ0) is 43.9. The molecule has 0 aromatic heterocycles. The van der Waals surface area contributed by atoms with Gasteiger partial charge in [0.25, 0.3) is 0 Å². The van der Waals surface area contributed by atoms with E-state index >= 15 is 0 Å². The van der Waals surface area contributed by atoms with Gasteiger partial charge in [-0.15, -0.1) is 0 Å². The van der Waals surface area contributed by atoms with Crippen LogP contribution in [0.15, 0.2) is 136 Å². The number of rotatable bonds is 8. The van der Waals surface area contributed by atoms with Crippen molar-refractivity contribution in [3.63, 3.8) is 0 Å². The van der Waals surface area contributed by atoms with Crippen LogP contribution in [0.2, 0.25) is 0 Å². The molecule has 0 heterocycles. The molecule has 0 fully saturated rings. The minimum atomic E-state index is -4.74. The van der Waals surface area contributed by atoms with E-state index in [1.54, 1.807) is 0 Å². The molecule has 0 N–H and O–H groups in total. The maximum atomic E-state index is 10.5. The van der Waals surface area contributed by atoms with E-state index in [-0.39, 0.29) is 236 Å². The summed E-state index contributed by atoms with van der Waals surface area (Å²) in [7, 11) is -37.9. The van der Waals surface area contributed by atoms with Gasteiger partial charge in [0.2, 0.25) is 0 Å². The average molecular weight is 1130 g/mol. The van der Waals surface area contributed by atoms with E-state index in [1.165, 1.54) is 0 Å². The Morgan fingerprint density at radius 2 is 0.281 bits per heavy atom. The molecule has 0 saturated carbocycles. The first kappa shape index (κ1) is 84.9. The molecular formula is C24H16Na8O24S8. The fourth-order valence-electron chi connectivity index (χ4n) is 3.14. The van der Waals surface area contributed by atoms with E-state index in [2.05, 4.69) is 0 Å². The topological polar surface area (TPSA) is 458 Å². The molecule has 40 heteroatoms. The first-order valence-electron chi connectivity index (χ1n) is 12.9. The predicted octanol–water partition coefficient (Wildman–Crippen LogP) is -26.0. The quantitative estimate of drug-likeness (QED) is 0.117. The third-order valence-electron chi connectivity index (χ3n) is 5.53. The van der Waals surface area contributed by atoms with E-state index < -0.39 is 120 Å². The first-order valence-corrected chi connectivity index (χ1v) is 24.2. The molecule has 0 aliphatic heterocycles. The Morgan fingerprint density at radius 1 is 0.203 bits per heavy atom. The second-order valence-electron chi connectivity index (χ2n) is 9.53. The average Bonchev–Trinajstić information content (AvgIpc) is 3.03. The summed E-state index contributed by atoms with van der Waals surface area (Å²) in [5.74, 6) is 0. The van der Waals surface area contributed by atoms with Gasteiger partial charge in [0.15, 0.2) is 0 Å². The van der Waals surface area contributed by atoms with Gasteiger partial charge in [0.05, 0.1) is 39.2 Å². The van der Waals surface area contributed by atoms with Crippen LogP contribution in [0.3, 0.4) is 0 Å². The second-order valence-corrected chi connectivity index (χ2v) is 20.6. The third kappa shape index (κ3) is 33.1. The summed E-state index contributed by atoms with van der Waals surface area (Å²) >= 11 is 0. The fourth-order valence-corrected chi connectivity index (χ4v) is 7.57. The monoisotopic (exact) mass is 1130 g/mol. The Hall–Kier alpha value is 4.16. The smallest absolute Gasteiger partial charge is 0.744 e. The number of hydrogen-bond acceptors (Lipinski definition) is 24. The largest absolute Gasteiger partial charge is 1.00 e. The van der Waals surface area contributed by atoms with Crippen molar-refractivity contribution in [2.24, 2.45) is 0 Å². The van der Waals surface area contributed by atoms with Gasteiger partial charge in [-0.3, -0.25) is 0 Å². The van der Waals surface area contributed by atoms with E-state index in [0.29, 0.717) is 24.3 Å². The van der Waals surface area contributed by atoms with Crippen molar-refractivity contribution in [3.05, 3.63) is 97.1 Å². The van der Waals surface area contributed by atoms with E-state index in [9.17, 15) is 104 Å². The summed E-state index contributed by atoms with van der Waals surface area (Å²) < 4.78 is 251. The minimum absolute atomic E-state index is 0. The molecule has 0 bridgehead atoms. The van der Waals surface area contributed by atoms with E-state index in [1.807, 2.05) is 0 Å². The van der Waals surface area contributed by atoms with Crippen molar-refractivity contribution in [1.82, 2.24) is 0 Å². The Balaban J connectivity index is -0.000000105. The van der Waals surface area contributed by atoms with Crippen LogP contribution in [0.1, 0.15) is 0 Å². The van der Waals surface area contributed by atoms with E-state index in [4.69, 9.17) is 0 Å². The van der Waals surface area contributed by atoms with Crippen LogP contribution in [-0.2, 0) is 80.9 Å². The zero-order valence-corrected chi connectivity index (χ0v) is 56.8. The van der Waals surface area contributed by atoms with Gasteiger partial charge in [-0.1, -0.05) is 24.3 Å². The maximum Gasteiger partial charge on any atom is 1.00 e. The second kappa shape index (κ2) is 34.6. The van der Waals surface area contributed by atoms with Crippen molar-refractivity contribution < 1.29 is 340 Å². The molecule has 0 aliphatic carbocycles. The van der Waals surface area contributed by atoms with Gasteiger partial charge in [-0.25, -0.2) is 67.3 Å². The Bertz CT molecular complexity index is 2430. The van der Waals surface area contributed by atoms with Crippen molar-refractivity contribution >= 4 is 80.9 Å². The van der Waals surface area contributed by atoms with Crippen LogP contribution >= 0.6 is 0 Å². The number of hydrogen-bond donors (Lipinski definition) is 0. The molecule has 312 valence electrons. The van der Waals surface area contributed by atoms with E-state index in [0.717, 1.165) is 72.8 Å². The number of benzene rings is 4. The molecular weight excluding hydrogens is 1110 g/mol. The molecule has 0 radical (unpaired) electrons. The summed E-state index contributed by atoms with van der Waals surface area (Å²) in [5, 5.41) is 0. The summed E-state index contributed by atoms with van der Waals surface area (Å²) in [4.78, 5) is -5.93. The van der Waals surface area contributed by atoms with Crippen molar-refractivity contribution in [2.75, 3.05) is 0 Å². The van der Waals surface area contributed by atoms with Crippen LogP contribution in [0.4, 0.5) is 0 Å². The molecule has 0 unspecified atom stereocenters. The van der Waals surface area contributed by atoms with Crippen LogP contribution in [-0.4, -0.2) is 104 Å². The summed E-state index contributed by atoms with van der Waals surface area (Å²) in [6, 6.07) is 13.5. The van der Waals surface area contributed by atoms with Gasteiger partial charge < -0.3 is 36.4 Å². The first-order chi connectivity index (χ1) is 24.8. The van der Waals surface area contributed by atoms with Crippen molar-refractivity contribution in [2.45, 2.75) is 39.2 Å². The Morgan fingerprint density at radius 3 is 0.344 bits per heavy atom. The predicted molar refractivity (Wildman–Crippen MR) is 169 cm³/mol. The molecule has 24 nitrogen and oxygen atoms in total. The van der Waals surface area contributed by atoms with Crippen molar-refractivity contribution in [1.29, 1.82) is 0 Å². The molecule has 0 saturated heterocycles. The van der Waals surface area contributed by atoms with Gasteiger partial charge in [0.1, 0.15) is 80.9 Å². The van der Waals surface area contributed by atoms with Crippen LogP contribution in [0, 0.1) is 0 Å². The van der Waals surface area contributed by atoms with Gasteiger partial charge in [-0.05, 0) is 72.8 Å². The SMILES string of the molecule is O=S(=O)([O-])c1cccc(S(=O)(=O)[O-])c1.O=S(=O)([O-])c1cccc(S(=O)(=O)[O-])c1.O=S(=O)([O-])c1cccc(S(=O)(=O)[O-])c1.O=S(=O)([O-])c1cccc(S(=O)(=O)[O-])c1.[Na+].[Na+].[Na+].[Na+].[Na+].[Na+].[Na+].[Na+]. The molecule has 0 spiro atoms. The molecule has 4 aromatic carbocycles. The summed E-state index contributed by atoms with van der Waals surface area (Å²) in [5.41, 5.74) is 0. The molecule has 0 amide bonds. The van der Waals surface area contributed by atoms with Crippen LogP contribution in [0.25, 0.3) is 0 Å². The van der Waals surface area contributed by atoms with Gasteiger partial charge in [0, 0.05) is 0 Å². The van der Waals surface area contributed by atoms with Crippen LogP contribution in [0.5, 0.6) is 0 Å². The zero-order valence-electron chi connectivity index (χ0n) is 34.3. The maximum absolute atomic E-state index is 10.5. The molecule has 4 rings (SSSR count). The van der Waals surface area contributed by atoms with Gasteiger partial charge >= 0.3 is 236 Å². The Labute approximate surface area is 546 Å². The third-order valence-corrected chi connectivity index (χ3v) is 12.2. The van der Waals surface area contributed by atoms with Crippen molar-refractivity contribution in [3.8, 4) is 0 Å². The molecule has 0 aliphatic rings. The summed E-state index contributed by atoms with van der Waals surface area (Å²) in [6.45, 7) is 0. The molecule has 4 aromatic rings. The standard InChI is InChI=1S/4C6H6O6S2.8Na/c4*7-13(8,9)5-2-1-3-6(4-5)14(10,11)12;;;;;;;;/h4*1-4H,(H,7,8,9)(H,10,11,12);;;;;;;;/q;;;;8*+1/p-8. The fraction of sp³-hybridized carbons (Fsp3) is 0. The summed E-state index contributed by atoms with van der Waals surface area (Å²) in [6.07, 6.45) is 0. The molecule has 64 heavy (non-hydrogen) atoms. The van der Waals surface area contributed by atoms with Gasteiger partial charge in [-0.2, -0.15) is 0 Å².